The molecule has 1 saturated carbocycles. The van der Waals surface area contributed by atoms with Gasteiger partial charge in [-0.25, -0.2) is 4.98 Å². The zero-order chi connectivity index (χ0) is 14.7. The standard InChI is InChI=1S/C12H19N5O3/c1-7-10(17(19)20)11(16-12(13-2)14-7)15-9-5-3-4-8(9)6-18/h8-9,18H,3-6H2,1-2H3,(H2,13,14,15,16). The number of hydrogen-bond acceptors (Lipinski definition) is 7. The van der Waals surface area contributed by atoms with Gasteiger partial charge >= 0.3 is 5.69 Å². The van der Waals surface area contributed by atoms with E-state index in [4.69, 9.17) is 0 Å². The zero-order valence-electron chi connectivity index (χ0n) is 11.6. The van der Waals surface area contributed by atoms with Gasteiger partial charge < -0.3 is 15.7 Å². The largest absolute Gasteiger partial charge is 0.396 e. The molecule has 2 unspecified atom stereocenters. The lowest BCUT2D eigenvalue weighted by Crippen LogP contribution is -2.27. The molecule has 0 amide bonds. The van der Waals surface area contributed by atoms with Gasteiger partial charge in [0.2, 0.25) is 11.8 Å². The Balaban J connectivity index is 2.33. The summed E-state index contributed by atoms with van der Waals surface area (Å²) in [6.45, 7) is 1.67. The molecular formula is C12H19N5O3. The van der Waals surface area contributed by atoms with Gasteiger partial charge in [-0.1, -0.05) is 6.42 Å². The van der Waals surface area contributed by atoms with E-state index in [-0.39, 0.29) is 30.1 Å². The van der Waals surface area contributed by atoms with E-state index in [2.05, 4.69) is 20.6 Å². The van der Waals surface area contributed by atoms with E-state index in [9.17, 15) is 15.2 Å². The maximum atomic E-state index is 11.2. The predicted molar refractivity (Wildman–Crippen MR) is 74.8 cm³/mol. The number of aromatic nitrogens is 2. The first-order valence-electron chi connectivity index (χ1n) is 6.65. The van der Waals surface area contributed by atoms with Crippen molar-refractivity contribution >= 4 is 17.5 Å². The number of hydrogen-bond donors (Lipinski definition) is 3. The Bertz CT molecular complexity index is 508. The van der Waals surface area contributed by atoms with Crippen LogP contribution in [0.25, 0.3) is 0 Å². The first-order valence-corrected chi connectivity index (χ1v) is 6.65. The van der Waals surface area contributed by atoms with Crippen molar-refractivity contribution in [1.29, 1.82) is 0 Å². The number of anilines is 2. The van der Waals surface area contributed by atoms with Crippen molar-refractivity contribution in [3.05, 3.63) is 15.8 Å². The highest BCUT2D eigenvalue weighted by Crippen LogP contribution is 2.32. The van der Waals surface area contributed by atoms with Crippen LogP contribution in [0.1, 0.15) is 25.0 Å². The van der Waals surface area contributed by atoms with Gasteiger partial charge in [-0.15, -0.1) is 0 Å². The predicted octanol–water partition coefficient (Wildman–Crippen LogP) is 1.31. The van der Waals surface area contributed by atoms with Crippen LogP contribution < -0.4 is 10.6 Å². The number of aryl methyl sites for hydroxylation is 1. The van der Waals surface area contributed by atoms with Crippen LogP contribution in [0.3, 0.4) is 0 Å². The van der Waals surface area contributed by atoms with Crippen LogP contribution in [-0.2, 0) is 0 Å². The summed E-state index contributed by atoms with van der Waals surface area (Å²) in [7, 11) is 1.66. The molecule has 8 nitrogen and oxygen atoms in total. The van der Waals surface area contributed by atoms with Crippen LogP contribution >= 0.6 is 0 Å². The van der Waals surface area contributed by atoms with Gasteiger partial charge in [-0.05, 0) is 19.8 Å². The molecule has 0 saturated heterocycles. The smallest absolute Gasteiger partial charge is 0.332 e. The molecule has 0 radical (unpaired) electrons. The van der Waals surface area contributed by atoms with Crippen molar-refractivity contribution in [3.8, 4) is 0 Å². The number of nitro groups is 1. The highest BCUT2D eigenvalue weighted by atomic mass is 16.6. The average Bonchev–Trinajstić information content (AvgIpc) is 2.84. The van der Waals surface area contributed by atoms with Gasteiger partial charge in [-0.3, -0.25) is 10.1 Å². The highest BCUT2D eigenvalue weighted by Gasteiger charge is 2.30. The van der Waals surface area contributed by atoms with Crippen LogP contribution in [0.5, 0.6) is 0 Å². The van der Waals surface area contributed by atoms with Crippen molar-refractivity contribution < 1.29 is 10.0 Å². The summed E-state index contributed by atoms with van der Waals surface area (Å²) in [6, 6.07) is 0.0118. The van der Waals surface area contributed by atoms with Crippen molar-refractivity contribution in [2.75, 3.05) is 24.3 Å². The van der Waals surface area contributed by atoms with E-state index in [1.165, 1.54) is 0 Å². The Morgan fingerprint density at radius 2 is 2.20 bits per heavy atom. The summed E-state index contributed by atoms with van der Waals surface area (Å²) in [6.07, 6.45) is 2.80. The minimum atomic E-state index is -0.472. The molecule has 110 valence electrons. The third-order valence-corrected chi connectivity index (χ3v) is 3.68. The number of nitrogens with one attached hydrogen (secondary N) is 2. The van der Waals surface area contributed by atoms with Crippen LogP contribution in [0.2, 0.25) is 0 Å². The van der Waals surface area contributed by atoms with E-state index >= 15 is 0 Å². The van der Waals surface area contributed by atoms with Crippen LogP contribution in [0.15, 0.2) is 0 Å². The molecule has 1 aliphatic rings. The lowest BCUT2D eigenvalue weighted by molar-refractivity contribution is -0.385. The second kappa shape index (κ2) is 6.00. The van der Waals surface area contributed by atoms with Crippen molar-refractivity contribution in [1.82, 2.24) is 9.97 Å². The summed E-state index contributed by atoms with van der Waals surface area (Å²) in [5.41, 5.74) is 0.211. The quantitative estimate of drug-likeness (QED) is 0.550. The summed E-state index contributed by atoms with van der Waals surface area (Å²) >= 11 is 0. The van der Waals surface area contributed by atoms with E-state index in [1.54, 1.807) is 14.0 Å². The fourth-order valence-electron chi connectivity index (χ4n) is 2.62. The molecular weight excluding hydrogens is 262 g/mol. The third kappa shape index (κ3) is 2.79. The highest BCUT2D eigenvalue weighted by molar-refractivity contribution is 5.61. The number of nitrogens with zero attached hydrogens (tertiary/aromatic N) is 3. The van der Waals surface area contributed by atoms with Gasteiger partial charge in [0.15, 0.2) is 0 Å². The normalized spacial score (nSPS) is 21.8. The second-order valence-corrected chi connectivity index (χ2v) is 4.96. The molecule has 2 rings (SSSR count). The molecule has 0 bridgehead atoms. The van der Waals surface area contributed by atoms with Crippen LogP contribution in [0, 0.1) is 23.0 Å². The maximum Gasteiger partial charge on any atom is 0.332 e. The SMILES string of the molecule is CNc1nc(C)c([N+](=O)[O-])c(NC2CCCC2CO)n1. The van der Waals surface area contributed by atoms with Gasteiger partial charge in [0.05, 0.1) is 4.92 Å². The molecule has 1 fully saturated rings. The zero-order valence-corrected chi connectivity index (χ0v) is 11.6. The Labute approximate surface area is 116 Å². The lowest BCUT2D eigenvalue weighted by Gasteiger charge is -2.20. The molecule has 1 aromatic rings. The van der Waals surface area contributed by atoms with E-state index < -0.39 is 4.92 Å². The molecule has 3 N–H and O–H groups in total. The molecule has 0 spiro atoms. The average molecular weight is 281 g/mol. The van der Waals surface area contributed by atoms with Gasteiger partial charge in [0.1, 0.15) is 5.69 Å². The van der Waals surface area contributed by atoms with E-state index in [0.29, 0.717) is 11.6 Å². The Hall–Kier alpha value is -1.96. The second-order valence-electron chi connectivity index (χ2n) is 4.96. The molecule has 2 atom stereocenters. The molecule has 0 aromatic carbocycles. The molecule has 1 heterocycles. The van der Waals surface area contributed by atoms with Crippen molar-refractivity contribution in [3.63, 3.8) is 0 Å². The molecule has 0 aliphatic heterocycles. The monoisotopic (exact) mass is 281 g/mol. The summed E-state index contributed by atoms with van der Waals surface area (Å²) < 4.78 is 0. The number of aliphatic hydroxyl groups is 1. The summed E-state index contributed by atoms with van der Waals surface area (Å²) in [5.74, 6) is 0.675. The fourth-order valence-corrected chi connectivity index (χ4v) is 2.62. The molecule has 1 aliphatic carbocycles. The Morgan fingerprint density at radius 3 is 2.80 bits per heavy atom. The van der Waals surface area contributed by atoms with Crippen LogP contribution in [-0.4, -0.2) is 39.7 Å². The minimum Gasteiger partial charge on any atom is -0.396 e. The summed E-state index contributed by atoms with van der Waals surface area (Å²) in [4.78, 5) is 18.9. The fraction of sp³-hybridized carbons (Fsp3) is 0.667. The lowest BCUT2D eigenvalue weighted by atomic mass is 10.1. The molecule has 8 heteroatoms. The summed E-state index contributed by atoms with van der Waals surface area (Å²) in [5, 5.41) is 26.4. The topological polar surface area (TPSA) is 113 Å². The van der Waals surface area contributed by atoms with Gasteiger partial charge in [-0.2, -0.15) is 4.98 Å². The van der Waals surface area contributed by atoms with Gasteiger partial charge in [0.25, 0.3) is 0 Å². The first kappa shape index (κ1) is 14.4. The van der Waals surface area contributed by atoms with Gasteiger partial charge in [0, 0.05) is 25.6 Å². The van der Waals surface area contributed by atoms with E-state index in [0.717, 1.165) is 19.3 Å². The third-order valence-electron chi connectivity index (χ3n) is 3.68. The van der Waals surface area contributed by atoms with E-state index in [1.807, 2.05) is 0 Å². The molecule has 20 heavy (non-hydrogen) atoms. The minimum absolute atomic E-state index is 0.0118. The molecule has 1 aromatic heterocycles. The number of rotatable bonds is 5. The van der Waals surface area contributed by atoms with Crippen molar-refractivity contribution in [2.24, 2.45) is 5.92 Å². The maximum absolute atomic E-state index is 11.2. The number of aliphatic hydroxyl groups excluding tert-OH is 1. The first-order chi connectivity index (χ1) is 9.56. The van der Waals surface area contributed by atoms with Crippen molar-refractivity contribution in [2.45, 2.75) is 32.2 Å². The Kier molecular flexibility index (Phi) is 4.33. The Morgan fingerprint density at radius 1 is 1.45 bits per heavy atom. The van der Waals surface area contributed by atoms with Crippen LogP contribution in [0.4, 0.5) is 17.5 Å².